The van der Waals surface area contributed by atoms with E-state index >= 15 is 0 Å². The van der Waals surface area contributed by atoms with Gasteiger partial charge < -0.3 is 14.8 Å². The first-order valence-corrected chi connectivity index (χ1v) is 7.55. The highest BCUT2D eigenvalue weighted by Gasteiger charge is 2.02. The summed E-state index contributed by atoms with van der Waals surface area (Å²) in [6.45, 7) is 2.51. The first-order chi connectivity index (χ1) is 11.7. The van der Waals surface area contributed by atoms with Gasteiger partial charge in [0.25, 0.3) is 5.91 Å². The van der Waals surface area contributed by atoms with Crippen LogP contribution in [0, 0.1) is 17.7 Å². The SMILES string of the molecule is CCOc1ccc(OCC(=O)NCC#Cc2ccccc2F)cc1. The van der Waals surface area contributed by atoms with Crippen LogP contribution in [-0.4, -0.2) is 25.7 Å². The lowest BCUT2D eigenvalue weighted by molar-refractivity contribution is -0.122. The molecule has 2 aromatic rings. The quantitative estimate of drug-likeness (QED) is 0.830. The van der Waals surface area contributed by atoms with Gasteiger partial charge in [-0.05, 0) is 43.3 Å². The molecule has 0 fully saturated rings. The first kappa shape index (κ1) is 17.4. The Kier molecular flexibility index (Phi) is 6.66. The van der Waals surface area contributed by atoms with Gasteiger partial charge in [-0.3, -0.25) is 4.79 Å². The predicted octanol–water partition coefficient (Wildman–Crippen LogP) is 2.77. The van der Waals surface area contributed by atoms with E-state index in [2.05, 4.69) is 17.2 Å². The topological polar surface area (TPSA) is 47.6 Å². The number of benzene rings is 2. The number of nitrogens with one attached hydrogen (secondary N) is 1. The van der Waals surface area contributed by atoms with E-state index in [1.807, 2.05) is 6.92 Å². The van der Waals surface area contributed by atoms with Crippen LogP contribution in [0.3, 0.4) is 0 Å². The minimum Gasteiger partial charge on any atom is -0.494 e. The molecular formula is C19H18FNO3. The van der Waals surface area contributed by atoms with Gasteiger partial charge in [0.15, 0.2) is 6.61 Å². The van der Waals surface area contributed by atoms with Crippen LogP contribution in [0.15, 0.2) is 48.5 Å². The number of rotatable bonds is 6. The number of carbonyl (C=O) groups is 1. The molecule has 0 atom stereocenters. The molecule has 0 aliphatic heterocycles. The number of ether oxygens (including phenoxy) is 2. The third-order valence-corrected chi connectivity index (χ3v) is 2.98. The fraction of sp³-hybridized carbons (Fsp3) is 0.211. The van der Waals surface area contributed by atoms with Crippen molar-refractivity contribution in [2.24, 2.45) is 0 Å². The number of hydrogen-bond acceptors (Lipinski definition) is 3. The summed E-state index contributed by atoms with van der Waals surface area (Å²) in [5, 5.41) is 2.59. The molecule has 0 aromatic heterocycles. The Hall–Kier alpha value is -3.00. The Labute approximate surface area is 140 Å². The maximum Gasteiger partial charge on any atom is 0.258 e. The van der Waals surface area contributed by atoms with Gasteiger partial charge in [0.05, 0.1) is 18.7 Å². The van der Waals surface area contributed by atoms with Crippen molar-refractivity contribution >= 4 is 5.91 Å². The van der Waals surface area contributed by atoms with Crippen LogP contribution in [-0.2, 0) is 4.79 Å². The zero-order chi connectivity index (χ0) is 17.2. The van der Waals surface area contributed by atoms with Crippen LogP contribution in [0.4, 0.5) is 4.39 Å². The van der Waals surface area contributed by atoms with Crippen molar-refractivity contribution < 1.29 is 18.7 Å². The summed E-state index contributed by atoms with van der Waals surface area (Å²) in [4.78, 5) is 11.7. The highest BCUT2D eigenvalue weighted by atomic mass is 19.1. The molecule has 1 amide bonds. The average molecular weight is 327 g/mol. The zero-order valence-electron chi connectivity index (χ0n) is 13.3. The van der Waals surface area contributed by atoms with E-state index in [-0.39, 0.29) is 24.9 Å². The Morgan fingerprint density at radius 2 is 1.75 bits per heavy atom. The molecule has 0 saturated heterocycles. The van der Waals surface area contributed by atoms with Crippen LogP contribution >= 0.6 is 0 Å². The molecule has 0 unspecified atom stereocenters. The van der Waals surface area contributed by atoms with E-state index < -0.39 is 0 Å². The van der Waals surface area contributed by atoms with Crippen molar-refractivity contribution in [3.63, 3.8) is 0 Å². The van der Waals surface area contributed by atoms with Crippen molar-refractivity contribution in [2.45, 2.75) is 6.92 Å². The highest BCUT2D eigenvalue weighted by Crippen LogP contribution is 2.17. The third kappa shape index (κ3) is 5.65. The lowest BCUT2D eigenvalue weighted by Crippen LogP contribution is -2.29. The monoisotopic (exact) mass is 327 g/mol. The van der Waals surface area contributed by atoms with Gasteiger partial charge in [-0.2, -0.15) is 0 Å². The Morgan fingerprint density at radius 3 is 2.42 bits per heavy atom. The molecule has 2 rings (SSSR count). The molecule has 1 N–H and O–H groups in total. The van der Waals surface area contributed by atoms with Crippen LogP contribution in [0.25, 0.3) is 0 Å². The second-order valence-electron chi connectivity index (χ2n) is 4.75. The fourth-order valence-corrected chi connectivity index (χ4v) is 1.84. The van der Waals surface area contributed by atoms with Crippen molar-refractivity contribution in [1.82, 2.24) is 5.32 Å². The molecule has 0 saturated carbocycles. The Bertz CT molecular complexity index is 732. The molecule has 0 spiro atoms. The lowest BCUT2D eigenvalue weighted by Gasteiger charge is -2.07. The fourth-order valence-electron chi connectivity index (χ4n) is 1.84. The Morgan fingerprint density at radius 1 is 1.08 bits per heavy atom. The minimum absolute atomic E-state index is 0.116. The van der Waals surface area contributed by atoms with Gasteiger partial charge in [-0.1, -0.05) is 24.0 Å². The summed E-state index contributed by atoms with van der Waals surface area (Å²) in [7, 11) is 0. The van der Waals surface area contributed by atoms with E-state index in [4.69, 9.17) is 9.47 Å². The summed E-state index contributed by atoms with van der Waals surface area (Å²) < 4.78 is 24.0. The summed E-state index contributed by atoms with van der Waals surface area (Å²) >= 11 is 0. The molecule has 0 radical (unpaired) electrons. The average Bonchev–Trinajstić information content (AvgIpc) is 2.60. The van der Waals surface area contributed by atoms with Crippen LogP contribution in [0.1, 0.15) is 12.5 Å². The van der Waals surface area contributed by atoms with E-state index in [0.29, 0.717) is 17.9 Å². The predicted molar refractivity (Wildman–Crippen MR) is 89.4 cm³/mol. The zero-order valence-corrected chi connectivity index (χ0v) is 13.3. The normalized spacial score (nSPS) is 9.58. The van der Waals surface area contributed by atoms with E-state index in [0.717, 1.165) is 5.75 Å². The van der Waals surface area contributed by atoms with Crippen molar-refractivity contribution in [2.75, 3.05) is 19.8 Å². The van der Waals surface area contributed by atoms with Crippen molar-refractivity contribution in [1.29, 1.82) is 0 Å². The number of carbonyl (C=O) groups excluding carboxylic acids is 1. The largest absolute Gasteiger partial charge is 0.494 e. The van der Waals surface area contributed by atoms with Crippen LogP contribution in [0.5, 0.6) is 11.5 Å². The number of halogens is 1. The van der Waals surface area contributed by atoms with Gasteiger partial charge in [-0.25, -0.2) is 4.39 Å². The summed E-state index contributed by atoms with van der Waals surface area (Å²) in [5.41, 5.74) is 0.303. The van der Waals surface area contributed by atoms with Gasteiger partial charge in [0.2, 0.25) is 0 Å². The number of hydrogen-bond donors (Lipinski definition) is 1. The Balaban J connectivity index is 1.73. The maximum atomic E-state index is 13.3. The maximum absolute atomic E-state index is 13.3. The molecule has 124 valence electrons. The molecular weight excluding hydrogens is 309 g/mol. The summed E-state index contributed by atoms with van der Waals surface area (Å²) in [6, 6.07) is 13.2. The van der Waals surface area contributed by atoms with Gasteiger partial charge >= 0.3 is 0 Å². The molecule has 0 aliphatic rings. The smallest absolute Gasteiger partial charge is 0.258 e. The van der Waals surface area contributed by atoms with E-state index in [1.165, 1.54) is 6.07 Å². The first-order valence-electron chi connectivity index (χ1n) is 7.55. The lowest BCUT2D eigenvalue weighted by atomic mass is 10.2. The second-order valence-corrected chi connectivity index (χ2v) is 4.75. The van der Waals surface area contributed by atoms with Crippen molar-refractivity contribution in [3.8, 4) is 23.3 Å². The minimum atomic E-state index is -0.379. The summed E-state index contributed by atoms with van der Waals surface area (Å²) in [6.07, 6.45) is 0. The van der Waals surface area contributed by atoms with E-state index in [1.54, 1.807) is 42.5 Å². The molecule has 0 heterocycles. The van der Waals surface area contributed by atoms with Gasteiger partial charge in [0, 0.05) is 0 Å². The highest BCUT2D eigenvalue weighted by molar-refractivity contribution is 5.77. The van der Waals surface area contributed by atoms with Gasteiger partial charge in [-0.15, -0.1) is 0 Å². The van der Waals surface area contributed by atoms with Crippen LogP contribution < -0.4 is 14.8 Å². The number of amides is 1. The van der Waals surface area contributed by atoms with E-state index in [9.17, 15) is 9.18 Å². The molecule has 2 aromatic carbocycles. The van der Waals surface area contributed by atoms with Crippen LogP contribution in [0.2, 0.25) is 0 Å². The van der Waals surface area contributed by atoms with Crippen molar-refractivity contribution in [3.05, 3.63) is 59.9 Å². The molecule has 0 bridgehead atoms. The summed E-state index contributed by atoms with van der Waals surface area (Å²) in [5.74, 6) is 6.01. The molecule has 4 nitrogen and oxygen atoms in total. The second kappa shape index (κ2) is 9.21. The molecule has 5 heteroatoms. The molecule has 24 heavy (non-hydrogen) atoms. The van der Waals surface area contributed by atoms with Gasteiger partial charge in [0.1, 0.15) is 17.3 Å². The molecule has 0 aliphatic carbocycles. The standard InChI is InChI=1S/C19H18FNO3/c1-2-23-16-9-11-17(12-10-16)24-14-19(22)21-13-5-7-15-6-3-4-8-18(15)20/h3-4,6,8-12H,2,13-14H2,1H3,(H,21,22). The third-order valence-electron chi connectivity index (χ3n) is 2.98.